The van der Waals surface area contributed by atoms with E-state index in [1.165, 1.54) is 37.3 Å². The van der Waals surface area contributed by atoms with Crippen LogP contribution in [0.5, 0.6) is 0 Å². The van der Waals surface area contributed by atoms with Crippen LogP contribution in [0.25, 0.3) is 16.9 Å². The highest BCUT2D eigenvalue weighted by Gasteiger charge is 2.30. The third kappa shape index (κ3) is 5.38. The average Bonchev–Trinajstić information content (AvgIpc) is 2.73. The van der Waals surface area contributed by atoms with Crippen LogP contribution in [-0.2, 0) is 6.18 Å². The monoisotopic (exact) mass is 449 g/mol. The number of aliphatic hydroxyl groups is 1. The summed E-state index contributed by atoms with van der Waals surface area (Å²) in [6.45, 7) is 1.63. The van der Waals surface area contributed by atoms with E-state index in [4.69, 9.17) is 0 Å². The van der Waals surface area contributed by atoms with Crippen molar-refractivity contribution in [2.75, 3.05) is 6.54 Å². The number of nitrogens with zero attached hydrogens (tertiary/aromatic N) is 2. The smallest absolute Gasteiger partial charge is 0.393 e. The summed E-state index contributed by atoms with van der Waals surface area (Å²) in [7, 11) is 0. The predicted molar refractivity (Wildman–Crippen MR) is 109 cm³/mol. The zero-order chi connectivity index (χ0) is 23.5. The Balaban J connectivity index is 2.10. The molecule has 168 valence electrons. The van der Waals surface area contributed by atoms with Gasteiger partial charge in [-0.05, 0) is 49.7 Å². The van der Waals surface area contributed by atoms with Gasteiger partial charge < -0.3 is 10.4 Å². The largest absolute Gasteiger partial charge is 0.416 e. The number of benzene rings is 2. The fraction of sp³-hybridized carbons (Fsp3) is 0.227. The van der Waals surface area contributed by atoms with E-state index in [0.29, 0.717) is 0 Å². The van der Waals surface area contributed by atoms with Crippen LogP contribution in [0.2, 0.25) is 0 Å². The number of halogens is 4. The molecule has 1 amide bonds. The molecule has 0 radical (unpaired) electrons. The number of carbonyl (C=O) groups is 1. The minimum Gasteiger partial charge on any atom is -0.393 e. The van der Waals surface area contributed by atoms with Gasteiger partial charge in [-0.2, -0.15) is 23.0 Å². The Bertz CT molecular complexity index is 1170. The molecule has 1 aromatic heterocycles. The number of aromatic nitrogens is 2. The first-order chi connectivity index (χ1) is 15.1. The van der Waals surface area contributed by atoms with Gasteiger partial charge in [-0.25, -0.2) is 4.39 Å². The second kappa shape index (κ2) is 9.31. The molecular formula is C22H19F4N3O3. The third-order valence-corrected chi connectivity index (χ3v) is 4.56. The van der Waals surface area contributed by atoms with Crippen LogP contribution in [-0.4, -0.2) is 33.4 Å². The van der Waals surface area contributed by atoms with Gasteiger partial charge in [-0.15, -0.1) is 0 Å². The second-order valence-corrected chi connectivity index (χ2v) is 7.11. The maximum atomic E-state index is 13.7. The lowest BCUT2D eigenvalue weighted by Crippen LogP contribution is -2.35. The molecule has 1 heterocycles. The normalized spacial score (nSPS) is 12.4. The average molecular weight is 449 g/mol. The molecule has 0 aliphatic carbocycles. The number of aliphatic hydroxyl groups excluding tert-OH is 1. The van der Waals surface area contributed by atoms with E-state index in [1.807, 2.05) is 0 Å². The number of nitrogens with one attached hydrogen (secondary N) is 1. The Morgan fingerprint density at radius 1 is 1.16 bits per heavy atom. The summed E-state index contributed by atoms with van der Waals surface area (Å²) in [5, 5.41) is 16.0. The highest BCUT2D eigenvalue weighted by Crippen LogP contribution is 2.30. The number of alkyl halides is 3. The lowest BCUT2D eigenvalue weighted by Gasteiger charge is -2.12. The first-order valence-corrected chi connectivity index (χ1v) is 9.60. The van der Waals surface area contributed by atoms with Crippen LogP contribution in [0.4, 0.5) is 17.6 Å². The van der Waals surface area contributed by atoms with Crippen molar-refractivity contribution in [3.63, 3.8) is 0 Å². The van der Waals surface area contributed by atoms with Crippen molar-refractivity contribution >= 4 is 5.91 Å². The first-order valence-electron chi connectivity index (χ1n) is 9.60. The lowest BCUT2D eigenvalue weighted by molar-refractivity contribution is -0.137. The lowest BCUT2D eigenvalue weighted by atomic mass is 10.1. The highest BCUT2D eigenvalue weighted by atomic mass is 19.4. The molecule has 6 nitrogen and oxygen atoms in total. The number of hydrogen-bond donors (Lipinski definition) is 2. The van der Waals surface area contributed by atoms with E-state index in [-0.39, 0.29) is 35.5 Å². The highest BCUT2D eigenvalue weighted by molar-refractivity contribution is 5.94. The fourth-order valence-corrected chi connectivity index (χ4v) is 2.90. The first kappa shape index (κ1) is 23.1. The molecule has 0 bridgehead atoms. The molecule has 0 aliphatic heterocycles. The van der Waals surface area contributed by atoms with E-state index in [0.717, 1.165) is 28.9 Å². The van der Waals surface area contributed by atoms with Gasteiger partial charge >= 0.3 is 6.18 Å². The van der Waals surface area contributed by atoms with Crippen molar-refractivity contribution in [3.05, 3.63) is 81.9 Å². The van der Waals surface area contributed by atoms with Crippen molar-refractivity contribution in [2.45, 2.75) is 25.6 Å². The van der Waals surface area contributed by atoms with Gasteiger partial charge in [0.25, 0.3) is 11.5 Å². The molecule has 3 rings (SSSR count). The third-order valence-electron chi connectivity index (χ3n) is 4.56. The summed E-state index contributed by atoms with van der Waals surface area (Å²) in [5.41, 5.74) is -1.72. The van der Waals surface area contributed by atoms with Crippen molar-refractivity contribution in [1.29, 1.82) is 0 Å². The Morgan fingerprint density at radius 2 is 1.84 bits per heavy atom. The minimum absolute atomic E-state index is 0.0433. The van der Waals surface area contributed by atoms with E-state index in [2.05, 4.69) is 10.4 Å². The topological polar surface area (TPSA) is 84.2 Å². The summed E-state index contributed by atoms with van der Waals surface area (Å²) in [4.78, 5) is 25.5. The Hall–Kier alpha value is -3.53. The molecule has 0 aliphatic rings. The van der Waals surface area contributed by atoms with E-state index >= 15 is 0 Å². The molecule has 0 saturated carbocycles. The maximum absolute atomic E-state index is 13.7. The molecule has 0 saturated heterocycles. The Morgan fingerprint density at radius 3 is 2.44 bits per heavy atom. The molecule has 32 heavy (non-hydrogen) atoms. The molecule has 3 aromatic rings. The molecule has 10 heteroatoms. The molecule has 0 spiro atoms. The SMILES string of the molecule is C[C@@H](O)CCNC(=O)c1cc(-c2ccc(C(F)(F)F)cc2)nn(-c2cccc(F)c2)c1=O. The Labute approximate surface area is 180 Å². The van der Waals surface area contributed by atoms with Gasteiger partial charge in [0, 0.05) is 12.1 Å². The van der Waals surface area contributed by atoms with Crippen LogP contribution in [0.1, 0.15) is 29.3 Å². The zero-order valence-electron chi connectivity index (χ0n) is 16.9. The van der Waals surface area contributed by atoms with Gasteiger partial charge in [-0.3, -0.25) is 9.59 Å². The summed E-state index contributed by atoms with van der Waals surface area (Å²) >= 11 is 0. The summed E-state index contributed by atoms with van der Waals surface area (Å²) in [6, 6.07) is 10.2. The van der Waals surface area contributed by atoms with Gasteiger partial charge in [0.1, 0.15) is 11.4 Å². The van der Waals surface area contributed by atoms with Crippen molar-refractivity contribution < 1.29 is 27.5 Å². The summed E-state index contributed by atoms with van der Waals surface area (Å²) in [6.07, 6.45) is -4.94. The van der Waals surface area contributed by atoms with Crippen LogP contribution in [0, 0.1) is 5.82 Å². The number of hydrogen-bond acceptors (Lipinski definition) is 4. The molecule has 0 fully saturated rings. The molecule has 2 aromatic carbocycles. The van der Waals surface area contributed by atoms with Gasteiger partial charge in [0.05, 0.1) is 23.0 Å². The van der Waals surface area contributed by atoms with E-state index in [9.17, 15) is 32.3 Å². The van der Waals surface area contributed by atoms with Gasteiger partial charge in [0.2, 0.25) is 0 Å². The molecule has 0 unspecified atom stereocenters. The van der Waals surface area contributed by atoms with Gasteiger partial charge in [0.15, 0.2) is 0 Å². The number of rotatable bonds is 6. The molecular weight excluding hydrogens is 430 g/mol. The van der Waals surface area contributed by atoms with E-state index < -0.39 is 35.1 Å². The van der Waals surface area contributed by atoms with Crippen molar-refractivity contribution in [2.24, 2.45) is 0 Å². The van der Waals surface area contributed by atoms with Gasteiger partial charge in [-0.1, -0.05) is 18.2 Å². The second-order valence-electron chi connectivity index (χ2n) is 7.11. The fourth-order valence-electron chi connectivity index (χ4n) is 2.90. The van der Waals surface area contributed by atoms with Crippen LogP contribution < -0.4 is 10.9 Å². The zero-order valence-corrected chi connectivity index (χ0v) is 16.9. The van der Waals surface area contributed by atoms with Crippen LogP contribution in [0.3, 0.4) is 0 Å². The Kier molecular flexibility index (Phi) is 6.73. The van der Waals surface area contributed by atoms with E-state index in [1.54, 1.807) is 0 Å². The maximum Gasteiger partial charge on any atom is 0.416 e. The standard InChI is InChI=1S/C22H19F4N3O3/c1-13(30)9-10-27-20(31)18-12-19(14-5-7-15(8-6-14)22(24,25)26)28-29(21(18)32)17-4-2-3-16(23)11-17/h2-8,11-13,30H,9-10H2,1H3,(H,27,31)/t13-/m1/s1. The molecule has 2 N–H and O–H groups in total. The predicted octanol–water partition coefficient (Wildman–Crippen LogP) is 3.56. The van der Waals surface area contributed by atoms with Crippen molar-refractivity contribution in [3.8, 4) is 16.9 Å². The van der Waals surface area contributed by atoms with Crippen LogP contribution >= 0.6 is 0 Å². The summed E-state index contributed by atoms with van der Waals surface area (Å²) in [5.74, 6) is -1.39. The number of amides is 1. The summed E-state index contributed by atoms with van der Waals surface area (Å²) < 4.78 is 53.2. The minimum atomic E-state index is -4.53. The quantitative estimate of drug-likeness (QED) is 0.564. The van der Waals surface area contributed by atoms with Crippen molar-refractivity contribution in [1.82, 2.24) is 15.1 Å². The number of carbonyl (C=O) groups excluding carboxylic acids is 1. The van der Waals surface area contributed by atoms with Crippen LogP contribution in [0.15, 0.2) is 59.4 Å². The molecule has 1 atom stereocenters.